The molecule has 0 aliphatic carbocycles. The molecule has 2 aliphatic heterocycles. The van der Waals surface area contributed by atoms with Crippen LogP contribution in [0.1, 0.15) is 18.1 Å². The van der Waals surface area contributed by atoms with Crippen molar-refractivity contribution in [2.75, 3.05) is 18.0 Å². The molecule has 3 rings (SSSR count). The zero-order valence-electron chi connectivity index (χ0n) is 8.89. The van der Waals surface area contributed by atoms with Crippen LogP contribution < -0.4 is 10.2 Å². The number of rotatable bonds is 0. The maximum absolute atomic E-state index is 3.67. The highest BCUT2D eigenvalue weighted by Gasteiger charge is 2.30. The number of anilines is 1. The van der Waals surface area contributed by atoms with Gasteiger partial charge in [-0.2, -0.15) is 0 Å². The first-order valence-corrected chi connectivity index (χ1v) is 6.34. The molecule has 2 nitrogen and oxygen atoms in total. The van der Waals surface area contributed by atoms with E-state index >= 15 is 0 Å². The van der Waals surface area contributed by atoms with Gasteiger partial charge in [-0.25, -0.2) is 0 Å². The summed E-state index contributed by atoms with van der Waals surface area (Å²) in [5, 5.41) is 3.48. The van der Waals surface area contributed by atoms with E-state index in [1.165, 1.54) is 27.7 Å². The molecule has 1 unspecified atom stereocenters. The Bertz CT molecular complexity index is 403. The van der Waals surface area contributed by atoms with E-state index in [0.717, 1.165) is 19.6 Å². The Morgan fingerprint density at radius 3 is 3.20 bits per heavy atom. The number of nitrogens with zero attached hydrogens (tertiary/aromatic N) is 1. The monoisotopic (exact) mass is 266 g/mol. The molecule has 80 valence electrons. The van der Waals surface area contributed by atoms with Crippen LogP contribution in [-0.2, 0) is 13.0 Å². The van der Waals surface area contributed by atoms with Gasteiger partial charge < -0.3 is 10.2 Å². The van der Waals surface area contributed by atoms with Crippen LogP contribution in [-0.4, -0.2) is 19.1 Å². The average Bonchev–Trinajstić information content (AvgIpc) is 2.45. The lowest BCUT2D eigenvalue weighted by atomic mass is 10.1. The number of hydrogen-bond donors (Lipinski definition) is 1. The zero-order valence-corrected chi connectivity index (χ0v) is 10.5. The summed E-state index contributed by atoms with van der Waals surface area (Å²) in [6.45, 7) is 5.56. The van der Waals surface area contributed by atoms with Crippen LogP contribution in [0.4, 0.5) is 5.69 Å². The van der Waals surface area contributed by atoms with Crippen molar-refractivity contribution >= 4 is 21.6 Å². The van der Waals surface area contributed by atoms with Crippen LogP contribution in [0.5, 0.6) is 0 Å². The highest BCUT2D eigenvalue weighted by molar-refractivity contribution is 9.10. The Balaban J connectivity index is 2.20. The molecule has 1 atom stereocenters. The molecule has 0 saturated heterocycles. The minimum atomic E-state index is 0.650. The van der Waals surface area contributed by atoms with Crippen molar-refractivity contribution in [2.45, 2.75) is 25.9 Å². The first kappa shape index (κ1) is 9.67. The summed E-state index contributed by atoms with van der Waals surface area (Å²) in [6.07, 6.45) is 1.18. The topological polar surface area (TPSA) is 15.3 Å². The SMILES string of the molecule is CC1Cc2c(Br)ccc3c2N1CCNC3. The van der Waals surface area contributed by atoms with Gasteiger partial charge >= 0.3 is 0 Å². The number of benzene rings is 1. The van der Waals surface area contributed by atoms with Crippen LogP contribution in [0.2, 0.25) is 0 Å². The van der Waals surface area contributed by atoms with Gasteiger partial charge in [0.05, 0.1) is 0 Å². The Hall–Kier alpha value is -0.540. The van der Waals surface area contributed by atoms with Gasteiger partial charge in [-0.15, -0.1) is 0 Å². The zero-order chi connectivity index (χ0) is 10.4. The standard InChI is InChI=1S/C12H15BrN2/c1-8-6-10-11(13)3-2-9-7-14-4-5-15(8)12(9)10/h2-3,8,14H,4-7H2,1H3. The number of nitrogens with one attached hydrogen (secondary N) is 1. The molecule has 1 aromatic rings. The van der Waals surface area contributed by atoms with Crippen LogP contribution >= 0.6 is 15.9 Å². The van der Waals surface area contributed by atoms with Gasteiger partial charge in [0.1, 0.15) is 0 Å². The molecule has 0 bridgehead atoms. The third-order valence-corrected chi connectivity index (χ3v) is 4.22. The summed E-state index contributed by atoms with van der Waals surface area (Å²) in [7, 11) is 0. The van der Waals surface area contributed by atoms with Crippen LogP contribution in [0, 0.1) is 0 Å². The summed E-state index contributed by atoms with van der Waals surface area (Å²) in [5.74, 6) is 0. The Labute approximate surface area is 98.8 Å². The molecule has 0 amide bonds. The van der Waals surface area contributed by atoms with Crippen LogP contribution in [0.15, 0.2) is 16.6 Å². The fourth-order valence-corrected chi connectivity index (χ4v) is 3.22. The molecule has 0 radical (unpaired) electrons. The third kappa shape index (κ3) is 1.41. The second kappa shape index (κ2) is 3.49. The van der Waals surface area contributed by atoms with E-state index in [0.29, 0.717) is 6.04 Å². The molecule has 1 N–H and O–H groups in total. The van der Waals surface area contributed by atoms with Crippen molar-refractivity contribution in [1.29, 1.82) is 0 Å². The normalized spacial score (nSPS) is 23.9. The van der Waals surface area contributed by atoms with Gasteiger partial charge in [0.25, 0.3) is 0 Å². The highest BCUT2D eigenvalue weighted by Crippen LogP contribution is 2.40. The molecule has 2 heterocycles. The quantitative estimate of drug-likeness (QED) is 0.776. The van der Waals surface area contributed by atoms with E-state index in [4.69, 9.17) is 0 Å². The minimum Gasteiger partial charge on any atom is -0.367 e. The van der Waals surface area contributed by atoms with Gasteiger partial charge in [-0.3, -0.25) is 0 Å². The largest absolute Gasteiger partial charge is 0.367 e. The summed E-state index contributed by atoms with van der Waals surface area (Å²) in [5.41, 5.74) is 4.45. The lowest BCUT2D eigenvalue weighted by Gasteiger charge is -2.24. The predicted molar refractivity (Wildman–Crippen MR) is 66.4 cm³/mol. The summed E-state index contributed by atoms with van der Waals surface area (Å²) in [6, 6.07) is 5.08. The van der Waals surface area contributed by atoms with Crippen molar-refractivity contribution in [3.63, 3.8) is 0 Å². The molecule has 2 aliphatic rings. The van der Waals surface area contributed by atoms with Gasteiger partial charge in [0.15, 0.2) is 0 Å². The number of hydrogen-bond acceptors (Lipinski definition) is 2. The maximum atomic E-state index is 3.67. The molecule has 0 spiro atoms. The minimum absolute atomic E-state index is 0.650. The molecule has 0 fully saturated rings. The van der Waals surface area contributed by atoms with Gasteiger partial charge in [0, 0.05) is 35.8 Å². The van der Waals surface area contributed by atoms with Crippen molar-refractivity contribution in [3.05, 3.63) is 27.7 Å². The summed E-state index contributed by atoms with van der Waals surface area (Å²) in [4.78, 5) is 2.55. The van der Waals surface area contributed by atoms with E-state index in [9.17, 15) is 0 Å². The lowest BCUT2D eigenvalue weighted by Crippen LogP contribution is -2.33. The van der Waals surface area contributed by atoms with Gasteiger partial charge in [0.2, 0.25) is 0 Å². The van der Waals surface area contributed by atoms with Crippen molar-refractivity contribution in [1.82, 2.24) is 5.32 Å². The smallest absolute Gasteiger partial charge is 0.0459 e. The maximum Gasteiger partial charge on any atom is 0.0459 e. The van der Waals surface area contributed by atoms with E-state index in [2.05, 4.69) is 45.2 Å². The Morgan fingerprint density at radius 1 is 1.47 bits per heavy atom. The average molecular weight is 267 g/mol. The fourth-order valence-electron chi connectivity index (χ4n) is 2.74. The summed E-state index contributed by atoms with van der Waals surface area (Å²) >= 11 is 3.67. The number of halogens is 1. The van der Waals surface area contributed by atoms with Crippen LogP contribution in [0.3, 0.4) is 0 Å². The first-order valence-electron chi connectivity index (χ1n) is 5.55. The Kier molecular flexibility index (Phi) is 2.25. The van der Waals surface area contributed by atoms with E-state index in [1.54, 1.807) is 0 Å². The van der Waals surface area contributed by atoms with Crippen molar-refractivity contribution in [2.24, 2.45) is 0 Å². The fraction of sp³-hybridized carbons (Fsp3) is 0.500. The van der Waals surface area contributed by atoms with E-state index in [-0.39, 0.29) is 0 Å². The van der Waals surface area contributed by atoms with Gasteiger partial charge in [-0.1, -0.05) is 22.0 Å². The second-order valence-electron chi connectivity index (χ2n) is 4.46. The Morgan fingerprint density at radius 2 is 2.33 bits per heavy atom. The van der Waals surface area contributed by atoms with Gasteiger partial charge in [-0.05, 0) is 30.5 Å². The molecular weight excluding hydrogens is 252 g/mol. The molecule has 3 heteroatoms. The second-order valence-corrected chi connectivity index (χ2v) is 5.31. The van der Waals surface area contributed by atoms with Crippen LogP contribution in [0.25, 0.3) is 0 Å². The summed E-state index contributed by atoms with van der Waals surface area (Å²) < 4.78 is 1.28. The first-order chi connectivity index (χ1) is 7.27. The molecule has 0 aromatic heterocycles. The van der Waals surface area contributed by atoms with E-state index < -0.39 is 0 Å². The van der Waals surface area contributed by atoms with Crippen molar-refractivity contribution < 1.29 is 0 Å². The molecule has 15 heavy (non-hydrogen) atoms. The lowest BCUT2D eigenvalue weighted by molar-refractivity contribution is 0.637. The predicted octanol–water partition coefficient (Wildman–Crippen LogP) is 2.30. The van der Waals surface area contributed by atoms with Crippen molar-refractivity contribution in [3.8, 4) is 0 Å². The van der Waals surface area contributed by atoms with E-state index in [1.807, 2.05) is 0 Å². The molecular formula is C12H15BrN2. The molecule has 1 aromatic carbocycles. The third-order valence-electron chi connectivity index (χ3n) is 3.47. The highest BCUT2D eigenvalue weighted by atomic mass is 79.9. The molecule has 0 saturated carbocycles.